The van der Waals surface area contributed by atoms with Crippen molar-refractivity contribution in [1.82, 2.24) is 0 Å². The van der Waals surface area contributed by atoms with Gasteiger partial charge in [0.1, 0.15) is 19.3 Å². The van der Waals surface area contributed by atoms with Crippen LogP contribution in [0.2, 0.25) is 0 Å². The Bertz CT molecular complexity index is 1840. The first kappa shape index (κ1) is 92.1. The van der Waals surface area contributed by atoms with Crippen molar-refractivity contribution in [1.29, 1.82) is 0 Å². The Hall–Kier alpha value is -1.94. The molecule has 0 aliphatic carbocycles. The van der Waals surface area contributed by atoms with E-state index in [-0.39, 0.29) is 25.7 Å². The summed E-state index contributed by atoms with van der Waals surface area (Å²) < 4.78 is 68.3. The van der Waals surface area contributed by atoms with Crippen molar-refractivity contribution < 1.29 is 80.2 Å². The molecular weight excluding hydrogens is 1230 g/mol. The maximum atomic E-state index is 13.1. The van der Waals surface area contributed by atoms with E-state index in [2.05, 4.69) is 48.5 Å². The van der Waals surface area contributed by atoms with Gasteiger partial charge in [-0.2, -0.15) is 0 Å². The third-order valence-corrected chi connectivity index (χ3v) is 20.0. The van der Waals surface area contributed by atoms with Crippen molar-refractivity contribution in [2.75, 3.05) is 39.6 Å². The number of aliphatic hydroxyl groups excluding tert-OH is 1. The Morgan fingerprint density at radius 3 is 0.809 bits per heavy atom. The molecule has 0 radical (unpaired) electrons. The van der Waals surface area contributed by atoms with E-state index in [1.165, 1.54) is 180 Å². The first-order valence-electron chi connectivity index (χ1n) is 38.9. The second-order valence-electron chi connectivity index (χ2n) is 28.0. The smallest absolute Gasteiger partial charge is 0.462 e. The first-order chi connectivity index (χ1) is 45.3. The third-order valence-electron chi connectivity index (χ3n) is 18.1. The molecule has 0 saturated carbocycles. The van der Waals surface area contributed by atoms with Gasteiger partial charge in [0.15, 0.2) is 12.2 Å². The highest BCUT2D eigenvalue weighted by atomic mass is 31.2. The number of aliphatic hydroxyl groups is 1. The zero-order valence-corrected chi connectivity index (χ0v) is 63.2. The fraction of sp³-hybridized carbons (Fsp3) is 0.947. The van der Waals surface area contributed by atoms with Crippen LogP contribution in [-0.2, 0) is 65.4 Å². The number of unbranched alkanes of at least 4 members (excludes halogenated alkanes) is 39. The number of carbonyl (C=O) groups is 4. The molecule has 0 saturated heterocycles. The van der Waals surface area contributed by atoms with E-state index in [4.69, 9.17) is 37.0 Å². The van der Waals surface area contributed by atoms with Gasteiger partial charge in [0, 0.05) is 25.7 Å². The minimum absolute atomic E-state index is 0.103. The molecule has 94 heavy (non-hydrogen) atoms. The average Bonchev–Trinajstić information content (AvgIpc) is 2.76. The van der Waals surface area contributed by atoms with E-state index < -0.39 is 97.5 Å². The Labute approximate surface area is 575 Å². The highest BCUT2D eigenvalue weighted by molar-refractivity contribution is 7.47. The van der Waals surface area contributed by atoms with E-state index in [9.17, 15) is 43.2 Å². The van der Waals surface area contributed by atoms with Gasteiger partial charge in [-0.05, 0) is 43.4 Å². The molecule has 0 spiro atoms. The van der Waals surface area contributed by atoms with Crippen LogP contribution in [0, 0.1) is 17.8 Å². The van der Waals surface area contributed by atoms with Crippen molar-refractivity contribution in [3.8, 4) is 0 Å². The van der Waals surface area contributed by atoms with Gasteiger partial charge in [0.2, 0.25) is 0 Å². The number of ether oxygens (including phenoxy) is 4. The van der Waals surface area contributed by atoms with Gasteiger partial charge in [-0.1, -0.05) is 331 Å². The molecule has 0 aliphatic heterocycles. The van der Waals surface area contributed by atoms with Gasteiger partial charge in [0.05, 0.1) is 26.4 Å². The molecule has 0 heterocycles. The highest BCUT2D eigenvalue weighted by Gasteiger charge is 2.30. The van der Waals surface area contributed by atoms with Crippen LogP contribution in [0.15, 0.2) is 0 Å². The summed E-state index contributed by atoms with van der Waals surface area (Å²) in [5, 5.41) is 10.6. The number of carbonyl (C=O) groups excluding carboxylic acids is 4. The van der Waals surface area contributed by atoms with Gasteiger partial charge >= 0.3 is 39.5 Å². The van der Waals surface area contributed by atoms with Crippen LogP contribution in [-0.4, -0.2) is 96.7 Å². The van der Waals surface area contributed by atoms with Crippen LogP contribution in [0.3, 0.4) is 0 Å². The predicted molar refractivity (Wildman–Crippen MR) is 381 cm³/mol. The molecule has 558 valence electrons. The van der Waals surface area contributed by atoms with E-state index in [0.717, 1.165) is 120 Å². The maximum absolute atomic E-state index is 13.1. The zero-order valence-electron chi connectivity index (χ0n) is 61.4. The lowest BCUT2D eigenvalue weighted by Gasteiger charge is -2.21. The fourth-order valence-corrected chi connectivity index (χ4v) is 12.9. The summed E-state index contributed by atoms with van der Waals surface area (Å²) in [6, 6.07) is 0. The van der Waals surface area contributed by atoms with Crippen molar-refractivity contribution in [2.24, 2.45) is 17.8 Å². The normalized spacial score (nSPS) is 14.7. The number of esters is 4. The molecule has 0 aromatic carbocycles. The standard InChI is InChI=1S/C75H146O17P2/c1-8-11-12-13-32-42-49-56-72(77)85-62-71(92-75(80)59-52-45-38-37-41-48-55-68(7)10-3)65-90-94(83,84)88-61-69(76)60-87-93(81,82)89-64-70(63-86-73(78)57-50-43-35-30-26-23-22-24-28-33-39-46-53-66(4)5)91-74(79)58-51-44-36-31-27-21-19-17-15-14-16-18-20-25-29-34-40-47-54-67(6)9-2/h66-71,76H,8-65H2,1-7H3,(H,81,82)(H,83,84)/t67?,68?,69-,70-,71-/m1/s1. The molecule has 0 aromatic heterocycles. The zero-order chi connectivity index (χ0) is 69.4. The molecule has 0 amide bonds. The van der Waals surface area contributed by atoms with Gasteiger partial charge in [-0.3, -0.25) is 37.3 Å². The van der Waals surface area contributed by atoms with E-state index >= 15 is 0 Å². The minimum atomic E-state index is -4.96. The quantitative estimate of drug-likeness (QED) is 0.0222. The highest BCUT2D eigenvalue weighted by Crippen LogP contribution is 2.45. The van der Waals surface area contributed by atoms with Crippen LogP contribution >= 0.6 is 15.6 Å². The van der Waals surface area contributed by atoms with Crippen molar-refractivity contribution >= 4 is 39.5 Å². The summed E-state index contributed by atoms with van der Waals surface area (Å²) in [6.07, 6.45) is 51.6. The predicted octanol–water partition coefficient (Wildman–Crippen LogP) is 21.8. The van der Waals surface area contributed by atoms with Crippen LogP contribution in [0.4, 0.5) is 0 Å². The number of phosphoric ester groups is 2. The Morgan fingerprint density at radius 1 is 0.309 bits per heavy atom. The summed E-state index contributed by atoms with van der Waals surface area (Å²) in [5.74, 6) is 0.246. The van der Waals surface area contributed by atoms with Gasteiger partial charge in [-0.15, -0.1) is 0 Å². The number of hydrogen-bond acceptors (Lipinski definition) is 15. The maximum Gasteiger partial charge on any atom is 0.472 e. The number of hydrogen-bond donors (Lipinski definition) is 3. The molecule has 0 bridgehead atoms. The van der Waals surface area contributed by atoms with E-state index in [0.29, 0.717) is 25.7 Å². The van der Waals surface area contributed by atoms with Crippen LogP contribution < -0.4 is 0 Å². The second-order valence-corrected chi connectivity index (χ2v) is 30.9. The lowest BCUT2D eigenvalue weighted by Crippen LogP contribution is -2.30. The molecule has 0 aliphatic rings. The van der Waals surface area contributed by atoms with Crippen molar-refractivity contribution in [3.05, 3.63) is 0 Å². The molecule has 17 nitrogen and oxygen atoms in total. The summed E-state index contributed by atoms with van der Waals surface area (Å²) in [6.45, 7) is 11.9. The number of phosphoric acid groups is 2. The van der Waals surface area contributed by atoms with Gasteiger partial charge in [-0.25, -0.2) is 9.13 Å². The van der Waals surface area contributed by atoms with Crippen LogP contribution in [0.1, 0.15) is 382 Å². The topological polar surface area (TPSA) is 237 Å². The largest absolute Gasteiger partial charge is 0.472 e. The third kappa shape index (κ3) is 66.0. The van der Waals surface area contributed by atoms with Crippen molar-refractivity contribution in [2.45, 2.75) is 401 Å². The van der Waals surface area contributed by atoms with Gasteiger partial charge < -0.3 is 33.8 Å². The minimum Gasteiger partial charge on any atom is -0.462 e. The van der Waals surface area contributed by atoms with E-state index in [1.54, 1.807) is 0 Å². The Balaban J connectivity index is 5.15. The molecule has 7 atom stereocenters. The molecular formula is C75H146O17P2. The van der Waals surface area contributed by atoms with Crippen LogP contribution in [0.5, 0.6) is 0 Å². The average molecular weight is 1380 g/mol. The first-order valence-corrected chi connectivity index (χ1v) is 41.9. The van der Waals surface area contributed by atoms with E-state index in [1.807, 2.05) is 0 Å². The van der Waals surface area contributed by atoms with Crippen LogP contribution in [0.25, 0.3) is 0 Å². The summed E-state index contributed by atoms with van der Waals surface area (Å²) in [4.78, 5) is 72.6. The Morgan fingerprint density at radius 2 is 0.543 bits per heavy atom. The summed E-state index contributed by atoms with van der Waals surface area (Å²) >= 11 is 0. The Kier molecular flexibility index (Phi) is 64.3. The summed E-state index contributed by atoms with van der Waals surface area (Å²) in [5.41, 5.74) is 0. The summed E-state index contributed by atoms with van der Waals surface area (Å²) in [7, 11) is -9.90. The molecule has 4 unspecified atom stereocenters. The van der Waals surface area contributed by atoms with Gasteiger partial charge in [0.25, 0.3) is 0 Å². The fourth-order valence-electron chi connectivity index (χ4n) is 11.4. The number of rotatable bonds is 73. The van der Waals surface area contributed by atoms with Crippen molar-refractivity contribution in [3.63, 3.8) is 0 Å². The molecule has 3 N–H and O–H groups in total. The molecule has 0 rings (SSSR count). The SMILES string of the molecule is CCCCCCCCCC(=O)OC[C@H](COP(=O)(O)OC[C@H](O)COP(=O)(O)OC[C@@H](COC(=O)CCCCCCCCCCCCCCC(C)C)OC(=O)CCCCCCCCCCCCCCCCCCCCC(C)CC)OC(=O)CCCCCCCCC(C)CC. The molecule has 19 heteroatoms. The lowest BCUT2D eigenvalue weighted by atomic mass is 9.99. The molecule has 0 fully saturated rings. The monoisotopic (exact) mass is 1380 g/mol. The lowest BCUT2D eigenvalue weighted by molar-refractivity contribution is -0.161. The molecule has 0 aromatic rings. The second kappa shape index (κ2) is 65.7.